The van der Waals surface area contributed by atoms with Crippen molar-refractivity contribution in [3.8, 4) is 11.5 Å². The van der Waals surface area contributed by atoms with E-state index in [9.17, 15) is 0 Å². The molecule has 0 unspecified atom stereocenters. The second-order valence-electron chi connectivity index (χ2n) is 6.28. The summed E-state index contributed by atoms with van der Waals surface area (Å²) in [6.07, 6.45) is 3.48. The fourth-order valence-electron chi connectivity index (χ4n) is 2.99. The fourth-order valence-corrected chi connectivity index (χ4v) is 2.99. The Labute approximate surface area is 163 Å². The number of nitrogens with one attached hydrogen (secondary N) is 2. The van der Waals surface area contributed by atoms with E-state index >= 15 is 0 Å². The highest BCUT2D eigenvalue weighted by Crippen LogP contribution is 2.18. The lowest BCUT2D eigenvalue weighted by Gasteiger charge is -2.12. The van der Waals surface area contributed by atoms with Crippen LogP contribution in [0.1, 0.15) is 11.3 Å². The Morgan fingerprint density at radius 1 is 0.964 bits per heavy atom. The van der Waals surface area contributed by atoms with Gasteiger partial charge in [0.05, 0.1) is 17.8 Å². The minimum absolute atomic E-state index is 0.518. The van der Waals surface area contributed by atoms with Crippen LogP contribution in [0.25, 0.3) is 22.4 Å². The van der Waals surface area contributed by atoms with Gasteiger partial charge in [-0.05, 0) is 23.8 Å². The maximum absolute atomic E-state index is 5.57. The van der Waals surface area contributed by atoms with Crippen LogP contribution in [0.3, 0.4) is 0 Å². The first-order valence-corrected chi connectivity index (χ1v) is 9.10. The van der Waals surface area contributed by atoms with Crippen LogP contribution in [0.5, 0.6) is 0 Å². The van der Waals surface area contributed by atoms with Gasteiger partial charge in [-0.2, -0.15) is 0 Å². The molecule has 4 aromatic rings. The molecule has 2 N–H and O–H groups in total. The third-order valence-corrected chi connectivity index (χ3v) is 4.40. The smallest absolute Gasteiger partial charge is 0.226 e. The Morgan fingerprint density at radius 3 is 2.64 bits per heavy atom. The van der Waals surface area contributed by atoms with E-state index in [-0.39, 0.29) is 0 Å². The van der Waals surface area contributed by atoms with Crippen LogP contribution in [0, 0.1) is 0 Å². The van der Waals surface area contributed by atoms with Crippen LogP contribution in [0.4, 0.5) is 0 Å². The zero-order chi connectivity index (χ0) is 19.2. The van der Waals surface area contributed by atoms with Crippen molar-refractivity contribution in [2.45, 2.75) is 13.1 Å². The molecule has 6 heteroatoms. The van der Waals surface area contributed by atoms with Gasteiger partial charge in [-0.1, -0.05) is 42.5 Å². The number of rotatable bonds is 5. The molecule has 28 heavy (non-hydrogen) atoms. The summed E-state index contributed by atoms with van der Waals surface area (Å²) in [5, 5.41) is 7.72. The largest absolute Gasteiger partial charge is 0.444 e. The van der Waals surface area contributed by atoms with Crippen LogP contribution in [-0.4, -0.2) is 23.0 Å². The number of oxazole rings is 1. The van der Waals surface area contributed by atoms with Gasteiger partial charge in [0.2, 0.25) is 5.89 Å². The summed E-state index contributed by atoms with van der Waals surface area (Å²) in [6.45, 7) is 1.14. The zero-order valence-corrected chi connectivity index (χ0v) is 15.6. The van der Waals surface area contributed by atoms with E-state index in [1.165, 1.54) is 0 Å². The molecule has 0 fully saturated rings. The van der Waals surface area contributed by atoms with Gasteiger partial charge in [0.1, 0.15) is 6.26 Å². The summed E-state index contributed by atoms with van der Waals surface area (Å²) in [5.41, 5.74) is 3.89. The monoisotopic (exact) mass is 371 g/mol. The average molecular weight is 371 g/mol. The Kier molecular flexibility index (Phi) is 5.29. The maximum Gasteiger partial charge on any atom is 0.226 e. The third-order valence-electron chi connectivity index (χ3n) is 4.40. The van der Waals surface area contributed by atoms with Crippen molar-refractivity contribution in [3.63, 3.8) is 0 Å². The van der Waals surface area contributed by atoms with Crippen molar-refractivity contribution in [2.75, 3.05) is 7.05 Å². The quantitative estimate of drug-likeness (QED) is 0.413. The Bertz CT molecular complexity index is 1080. The number of aromatic nitrogens is 2. The van der Waals surface area contributed by atoms with Gasteiger partial charge in [0, 0.05) is 30.7 Å². The Hall–Kier alpha value is -3.67. The molecule has 2 aromatic carbocycles. The average Bonchev–Trinajstić information content (AvgIpc) is 3.24. The van der Waals surface area contributed by atoms with Crippen LogP contribution < -0.4 is 10.6 Å². The summed E-state index contributed by atoms with van der Waals surface area (Å²) < 4.78 is 5.57. The predicted octanol–water partition coefficient (Wildman–Crippen LogP) is 3.76. The number of nitrogens with zero attached hydrogens (tertiary/aromatic N) is 3. The second-order valence-corrected chi connectivity index (χ2v) is 6.28. The molecule has 0 spiro atoms. The summed E-state index contributed by atoms with van der Waals surface area (Å²) >= 11 is 0. The number of benzene rings is 2. The van der Waals surface area contributed by atoms with Gasteiger partial charge in [0.15, 0.2) is 5.96 Å². The lowest BCUT2D eigenvalue weighted by Crippen LogP contribution is -2.36. The first kappa shape index (κ1) is 17.7. The number of guanidine groups is 1. The molecule has 0 amide bonds. The van der Waals surface area contributed by atoms with E-state index in [0.29, 0.717) is 24.9 Å². The SMILES string of the molecule is CN=C(NCc1coc(-c2ccccc2)n1)NCc1cccc2cccnc12. The molecule has 0 aliphatic rings. The first-order chi connectivity index (χ1) is 13.8. The van der Waals surface area contributed by atoms with Crippen molar-refractivity contribution in [2.24, 2.45) is 4.99 Å². The highest BCUT2D eigenvalue weighted by atomic mass is 16.3. The molecule has 140 valence electrons. The molecule has 0 atom stereocenters. The van der Waals surface area contributed by atoms with Crippen LogP contribution >= 0.6 is 0 Å². The molecule has 0 saturated heterocycles. The van der Waals surface area contributed by atoms with E-state index in [1.807, 2.05) is 48.7 Å². The summed E-state index contributed by atoms with van der Waals surface area (Å²) in [5.74, 6) is 1.30. The molecule has 4 rings (SSSR count). The molecule has 2 aromatic heterocycles. The molecule has 0 aliphatic carbocycles. The van der Waals surface area contributed by atoms with Crippen LogP contribution in [-0.2, 0) is 13.1 Å². The van der Waals surface area contributed by atoms with Crippen molar-refractivity contribution >= 4 is 16.9 Å². The van der Waals surface area contributed by atoms with Crippen molar-refractivity contribution in [1.29, 1.82) is 0 Å². The highest BCUT2D eigenvalue weighted by Gasteiger charge is 2.08. The van der Waals surface area contributed by atoms with Crippen molar-refractivity contribution < 1.29 is 4.42 Å². The summed E-state index contributed by atoms with van der Waals surface area (Å²) in [4.78, 5) is 13.3. The molecule has 0 saturated carbocycles. The number of pyridine rings is 1. The Morgan fingerprint density at radius 2 is 1.79 bits per heavy atom. The van der Waals surface area contributed by atoms with Crippen molar-refractivity contribution in [1.82, 2.24) is 20.6 Å². The summed E-state index contributed by atoms with van der Waals surface area (Å²) in [6, 6.07) is 20.0. The maximum atomic E-state index is 5.57. The Balaban J connectivity index is 1.37. The first-order valence-electron chi connectivity index (χ1n) is 9.10. The molecular weight excluding hydrogens is 350 g/mol. The topological polar surface area (TPSA) is 75.3 Å². The fraction of sp³-hybridized carbons (Fsp3) is 0.136. The van der Waals surface area contributed by atoms with Crippen LogP contribution in [0.15, 0.2) is 82.5 Å². The van der Waals surface area contributed by atoms with E-state index in [0.717, 1.165) is 27.7 Å². The van der Waals surface area contributed by atoms with Gasteiger partial charge in [-0.25, -0.2) is 4.98 Å². The number of hydrogen-bond acceptors (Lipinski definition) is 4. The van der Waals surface area contributed by atoms with Gasteiger partial charge in [0.25, 0.3) is 0 Å². The number of fused-ring (bicyclic) bond motifs is 1. The zero-order valence-electron chi connectivity index (χ0n) is 15.6. The minimum atomic E-state index is 0.518. The third kappa shape index (κ3) is 4.01. The van der Waals surface area contributed by atoms with E-state index in [1.54, 1.807) is 13.3 Å². The lowest BCUT2D eigenvalue weighted by atomic mass is 10.1. The highest BCUT2D eigenvalue weighted by molar-refractivity contribution is 5.83. The standard InChI is InChI=1S/C22H21N5O/c1-23-22(25-13-18-10-5-9-16-11-6-12-24-20(16)18)26-14-19-15-28-21(27-19)17-7-3-2-4-8-17/h2-12,15H,13-14H2,1H3,(H2,23,25,26). The summed E-state index contributed by atoms with van der Waals surface area (Å²) in [7, 11) is 1.74. The lowest BCUT2D eigenvalue weighted by molar-refractivity contribution is 0.572. The van der Waals surface area contributed by atoms with Gasteiger partial charge < -0.3 is 15.1 Å². The molecular formula is C22H21N5O. The minimum Gasteiger partial charge on any atom is -0.444 e. The second kappa shape index (κ2) is 8.35. The number of aliphatic imine (C=N–C) groups is 1. The van der Waals surface area contributed by atoms with Gasteiger partial charge >= 0.3 is 0 Å². The molecule has 0 bridgehead atoms. The molecule has 2 heterocycles. The van der Waals surface area contributed by atoms with E-state index < -0.39 is 0 Å². The van der Waals surface area contributed by atoms with Gasteiger partial charge in [-0.15, -0.1) is 0 Å². The number of hydrogen-bond donors (Lipinski definition) is 2. The molecule has 0 radical (unpaired) electrons. The van der Waals surface area contributed by atoms with E-state index in [4.69, 9.17) is 4.42 Å². The number of para-hydroxylation sites is 1. The predicted molar refractivity (Wildman–Crippen MR) is 111 cm³/mol. The molecule has 6 nitrogen and oxygen atoms in total. The van der Waals surface area contributed by atoms with Crippen LogP contribution in [0.2, 0.25) is 0 Å². The van der Waals surface area contributed by atoms with Gasteiger partial charge in [-0.3, -0.25) is 9.98 Å². The van der Waals surface area contributed by atoms with E-state index in [2.05, 4.69) is 43.8 Å². The van der Waals surface area contributed by atoms with Crippen molar-refractivity contribution in [3.05, 3.63) is 84.4 Å². The molecule has 0 aliphatic heterocycles. The normalized spacial score (nSPS) is 11.5.